The van der Waals surface area contributed by atoms with Gasteiger partial charge in [-0.15, -0.1) is 0 Å². The number of nitrogens with two attached hydrogens (primary N) is 1. The van der Waals surface area contributed by atoms with Gasteiger partial charge in [0.15, 0.2) is 0 Å². The van der Waals surface area contributed by atoms with E-state index < -0.39 is 17.6 Å². The number of nitrogens with zero attached hydrogens (tertiary/aromatic N) is 5. The smallest absolute Gasteiger partial charge is 0.382 e. The van der Waals surface area contributed by atoms with Crippen LogP contribution in [0.4, 0.5) is 19.0 Å². The fourth-order valence-electron chi connectivity index (χ4n) is 4.69. The number of amidine groups is 1. The van der Waals surface area contributed by atoms with E-state index in [-0.39, 0.29) is 28.5 Å². The number of alkyl halides is 3. The Morgan fingerprint density at radius 1 is 1.31 bits per heavy atom. The Hall–Kier alpha value is -4.24. The number of carbonyl (C=O) groups is 1. The molecule has 204 valence electrons. The van der Waals surface area contributed by atoms with E-state index in [9.17, 15) is 23.2 Å². The molecule has 9 nitrogen and oxygen atoms in total. The minimum absolute atomic E-state index is 0.00569. The summed E-state index contributed by atoms with van der Waals surface area (Å²) in [5, 5.41) is 24.7. The SMILES string of the molecule is Cc1c(C(C)CN(C)CC2(C#N)CC2)nn(-c2ccc(C(=O)Nc3cc(C(F)(F)F)ccn3)cc2)c1C(=N)N. The van der Waals surface area contributed by atoms with E-state index >= 15 is 0 Å². The third kappa shape index (κ3) is 6.09. The summed E-state index contributed by atoms with van der Waals surface area (Å²) in [7, 11) is 1.98. The number of pyridine rings is 1. The first-order valence-electron chi connectivity index (χ1n) is 12.3. The molecule has 4 N–H and O–H groups in total. The van der Waals surface area contributed by atoms with Gasteiger partial charge in [-0.25, -0.2) is 9.67 Å². The molecule has 12 heteroatoms. The third-order valence-corrected chi connectivity index (χ3v) is 6.83. The molecular weight excluding hydrogens is 509 g/mol. The van der Waals surface area contributed by atoms with E-state index in [1.165, 1.54) is 12.1 Å². The minimum atomic E-state index is -4.55. The summed E-state index contributed by atoms with van der Waals surface area (Å²) in [6, 6.07) is 10.3. The fraction of sp³-hybridized carbons (Fsp3) is 0.370. The largest absolute Gasteiger partial charge is 0.416 e. The Kier molecular flexibility index (Phi) is 7.48. The van der Waals surface area contributed by atoms with Crippen molar-refractivity contribution in [3.05, 3.63) is 70.7 Å². The Bertz CT molecular complexity index is 1430. The van der Waals surface area contributed by atoms with Gasteiger partial charge < -0.3 is 16.0 Å². The number of carbonyl (C=O) groups excluding carboxylic acids is 1. The number of likely N-dealkylation sites (N-methyl/N-ethyl adjacent to an activating group) is 1. The molecule has 0 saturated heterocycles. The van der Waals surface area contributed by atoms with Crippen LogP contribution in [0.1, 0.15) is 58.6 Å². The number of aromatic nitrogens is 3. The van der Waals surface area contributed by atoms with Gasteiger partial charge in [-0.1, -0.05) is 6.92 Å². The molecule has 1 unspecified atom stereocenters. The predicted molar refractivity (Wildman–Crippen MR) is 140 cm³/mol. The molecular formula is C27H29F3N8O. The summed E-state index contributed by atoms with van der Waals surface area (Å²) in [5.74, 6) is -1.01. The molecule has 2 heterocycles. The van der Waals surface area contributed by atoms with Crippen molar-refractivity contribution in [2.24, 2.45) is 11.1 Å². The predicted octanol–water partition coefficient (Wildman–Crippen LogP) is 4.47. The quantitative estimate of drug-likeness (QED) is 0.272. The zero-order valence-corrected chi connectivity index (χ0v) is 21.8. The number of hydrogen-bond donors (Lipinski definition) is 3. The summed E-state index contributed by atoms with van der Waals surface area (Å²) >= 11 is 0. The Labute approximate surface area is 223 Å². The Balaban J connectivity index is 1.53. The summed E-state index contributed by atoms with van der Waals surface area (Å²) in [5.41, 5.74) is 7.47. The zero-order valence-electron chi connectivity index (χ0n) is 21.8. The number of nitrogens with one attached hydrogen (secondary N) is 2. The van der Waals surface area contributed by atoms with Crippen LogP contribution in [-0.2, 0) is 6.18 Å². The number of hydrogen-bond acceptors (Lipinski definition) is 6. The molecule has 0 spiro atoms. The van der Waals surface area contributed by atoms with Gasteiger partial charge in [-0.3, -0.25) is 10.2 Å². The number of anilines is 1. The maximum absolute atomic E-state index is 13.0. The molecule has 1 saturated carbocycles. The highest BCUT2D eigenvalue weighted by Gasteiger charge is 2.44. The maximum atomic E-state index is 13.0. The van der Waals surface area contributed by atoms with Crippen LogP contribution in [0.15, 0.2) is 42.6 Å². The van der Waals surface area contributed by atoms with Gasteiger partial charge in [0.25, 0.3) is 5.91 Å². The van der Waals surface area contributed by atoms with Gasteiger partial charge in [0.1, 0.15) is 17.3 Å². The number of rotatable bonds is 9. The Morgan fingerprint density at radius 3 is 2.54 bits per heavy atom. The van der Waals surface area contributed by atoms with E-state index in [0.29, 0.717) is 24.5 Å². The summed E-state index contributed by atoms with van der Waals surface area (Å²) < 4.78 is 40.4. The lowest BCUT2D eigenvalue weighted by atomic mass is 10.0. The van der Waals surface area contributed by atoms with E-state index in [1.807, 2.05) is 20.9 Å². The highest BCUT2D eigenvalue weighted by atomic mass is 19.4. The number of amides is 1. The van der Waals surface area contributed by atoms with Crippen LogP contribution in [0, 0.1) is 29.1 Å². The molecule has 4 rings (SSSR count). The van der Waals surface area contributed by atoms with Crippen LogP contribution >= 0.6 is 0 Å². The highest BCUT2D eigenvalue weighted by molar-refractivity contribution is 6.04. The molecule has 1 atom stereocenters. The van der Waals surface area contributed by atoms with Crippen molar-refractivity contribution < 1.29 is 18.0 Å². The van der Waals surface area contributed by atoms with Crippen LogP contribution in [0.2, 0.25) is 0 Å². The molecule has 1 aliphatic carbocycles. The third-order valence-electron chi connectivity index (χ3n) is 6.83. The average molecular weight is 539 g/mol. The summed E-state index contributed by atoms with van der Waals surface area (Å²) in [6.45, 7) is 5.24. The van der Waals surface area contributed by atoms with Gasteiger partial charge in [-0.05, 0) is 63.2 Å². The van der Waals surface area contributed by atoms with Crippen molar-refractivity contribution in [1.29, 1.82) is 10.7 Å². The van der Waals surface area contributed by atoms with Gasteiger partial charge in [0.2, 0.25) is 0 Å². The summed E-state index contributed by atoms with van der Waals surface area (Å²) in [4.78, 5) is 18.6. The first kappa shape index (κ1) is 27.8. The van der Waals surface area contributed by atoms with E-state index in [4.69, 9.17) is 16.2 Å². The number of halogens is 3. The van der Waals surface area contributed by atoms with Crippen molar-refractivity contribution in [3.8, 4) is 11.8 Å². The van der Waals surface area contributed by atoms with Gasteiger partial charge >= 0.3 is 6.18 Å². The lowest BCUT2D eigenvalue weighted by Gasteiger charge is -2.22. The molecule has 39 heavy (non-hydrogen) atoms. The van der Waals surface area contributed by atoms with Crippen molar-refractivity contribution in [1.82, 2.24) is 19.7 Å². The van der Waals surface area contributed by atoms with Crippen LogP contribution in [0.5, 0.6) is 0 Å². The highest BCUT2D eigenvalue weighted by Crippen LogP contribution is 2.45. The first-order valence-corrected chi connectivity index (χ1v) is 12.3. The summed E-state index contributed by atoms with van der Waals surface area (Å²) in [6.07, 6.45) is -1.75. The van der Waals surface area contributed by atoms with Crippen LogP contribution < -0.4 is 11.1 Å². The molecule has 1 fully saturated rings. The lowest BCUT2D eigenvalue weighted by Crippen LogP contribution is -2.29. The van der Waals surface area contributed by atoms with Crippen molar-refractivity contribution in [2.45, 2.75) is 38.8 Å². The second kappa shape index (κ2) is 10.5. The monoisotopic (exact) mass is 538 g/mol. The molecule has 1 aliphatic rings. The fourth-order valence-corrected chi connectivity index (χ4v) is 4.69. The van der Waals surface area contributed by atoms with Crippen molar-refractivity contribution in [2.75, 3.05) is 25.5 Å². The maximum Gasteiger partial charge on any atom is 0.416 e. The van der Waals surface area contributed by atoms with E-state index in [0.717, 1.165) is 42.4 Å². The molecule has 0 radical (unpaired) electrons. The number of nitrogen functional groups attached to an aromatic ring is 1. The number of nitriles is 1. The van der Waals surface area contributed by atoms with Crippen LogP contribution in [-0.4, -0.2) is 51.5 Å². The lowest BCUT2D eigenvalue weighted by molar-refractivity contribution is -0.137. The number of benzene rings is 1. The molecule has 1 aromatic carbocycles. The second-order valence-electron chi connectivity index (χ2n) is 10.1. The van der Waals surface area contributed by atoms with Gasteiger partial charge in [0, 0.05) is 36.3 Å². The first-order chi connectivity index (χ1) is 18.3. The zero-order chi connectivity index (χ0) is 28.5. The van der Waals surface area contributed by atoms with E-state index in [2.05, 4.69) is 21.3 Å². The van der Waals surface area contributed by atoms with Crippen LogP contribution in [0.3, 0.4) is 0 Å². The van der Waals surface area contributed by atoms with Crippen molar-refractivity contribution >= 4 is 17.6 Å². The second-order valence-corrected chi connectivity index (χ2v) is 10.1. The molecule has 2 aromatic heterocycles. The topological polar surface area (TPSA) is 137 Å². The van der Waals surface area contributed by atoms with Gasteiger partial charge in [0.05, 0.1) is 28.4 Å². The molecule has 0 aliphatic heterocycles. The van der Waals surface area contributed by atoms with Crippen LogP contribution in [0.25, 0.3) is 5.69 Å². The van der Waals surface area contributed by atoms with E-state index in [1.54, 1.807) is 16.8 Å². The van der Waals surface area contributed by atoms with Gasteiger partial charge in [-0.2, -0.15) is 23.5 Å². The minimum Gasteiger partial charge on any atom is -0.382 e. The Morgan fingerprint density at radius 2 is 1.97 bits per heavy atom. The average Bonchev–Trinajstić information content (AvgIpc) is 3.55. The molecule has 3 aromatic rings. The van der Waals surface area contributed by atoms with Crippen molar-refractivity contribution in [3.63, 3.8) is 0 Å². The normalized spacial score (nSPS) is 15.0. The molecule has 0 bridgehead atoms. The standard InChI is InChI=1S/C27H29F3N8O/c1-16(13-37(3)15-26(14-31)9-10-26)22-17(2)23(24(32)33)38(36-22)20-6-4-18(5-7-20)25(39)35-21-12-19(8-11-34-21)27(28,29)30/h4-8,11-12,16H,9-10,13,15H2,1-3H3,(H3,32,33)(H,34,35,39). The molecule has 1 amide bonds.